The molecule has 1 amide bonds. The van der Waals surface area contributed by atoms with Crippen LogP contribution in [-0.4, -0.2) is 47.7 Å². The van der Waals surface area contributed by atoms with Gasteiger partial charge in [0.25, 0.3) is 0 Å². The first-order chi connectivity index (χ1) is 11.0. The summed E-state index contributed by atoms with van der Waals surface area (Å²) in [5.41, 5.74) is 2.56. The third kappa shape index (κ3) is 5.63. The molecule has 0 spiro atoms. The second-order valence-corrected chi connectivity index (χ2v) is 6.95. The maximum absolute atomic E-state index is 12.2. The number of aliphatic hydroxyl groups excluding tert-OH is 1. The van der Waals surface area contributed by atoms with E-state index in [0.717, 1.165) is 32.4 Å². The third-order valence-corrected chi connectivity index (χ3v) is 4.88. The fourth-order valence-corrected chi connectivity index (χ4v) is 3.34. The SMILES string of the molecule is Cc1ccccc1CC(C)NC(=O)CN1CCC(C(C)O)CC1. The molecule has 0 bridgehead atoms. The number of nitrogens with one attached hydrogen (secondary N) is 1. The number of rotatable bonds is 6. The molecule has 1 saturated heterocycles. The molecule has 2 unspecified atom stereocenters. The van der Waals surface area contributed by atoms with E-state index in [-0.39, 0.29) is 18.1 Å². The molecule has 0 radical (unpaired) electrons. The molecule has 128 valence electrons. The average molecular weight is 318 g/mol. The Balaban J connectivity index is 1.73. The van der Waals surface area contributed by atoms with Crippen LogP contribution in [0.1, 0.15) is 37.8 Å². The Morgan fingerprint density at radius 3 is 2.57 bits per heavy atom. The number of aliphatic hydroxyl groups is 1. The van der Waals surface area contributed by atoms with Crippen LogP contribution in [0.25, 0.3) is 0 Å². The number of benzene rings is 1. The van der Waals surface area contributed by atoms with E-state index >= 15 is 0 Å². The van der Waals surface area contributed by atoms with Gasteiger partial charge in [-0.25, -0.2) is 0 Å². The van der Waals surface area contributed by atoms with Gasteiger partial charge in [-0.2, -0.15) is 0 Å². The zero-order chi connectivity index (χ0) is 16.8. The van der Waals surface area contributed by atoms with Gasteiger partial charge in [-0.15, -0.1) is 0 Å². The molecule has 0 aliphatic carbocycles. The Kier molecular flexibility index (Phi) is 6.60. The standard InChI is InChI=1S/C19H30N2O2/c1-14-6-4-5-7-18(14)12-15(2)20-19(23)13-21-10-8-17(9-11-21)16(3)22/h4-7,15-17,22H,8-13H2,1-3H3,(H,20,23). The number of hydrogen-bond acceptors (Lipinski definition) is 3. The van der Waals surface area contributed by atoms with Crippen molar-refractivity contribution in [3.63, 3.8) is 0 Å². The molecule has 0 aromatic heterocycles. The van der Waals surface area contributed by atoms with Crippen LogP contribution in [0.15, 0.2) is 24.3 Å². The van der Waals surface area contributed by atoms with Crippen molar-refractivity contribution in [2.75, 3.05) is 19.6 Å². The fraction of sp³-hybridized carbons (Fsp3) is 0.632. The van der Waals surface area contributed by atoms with E-state index in [1.165, 1.54) is 11.1 Å². The van der Waals surface area contributed by atoms with E-state index in [9.17, 15) is 9.90 Å². The molecule has 23 heavy (non-hydrogen) atoms. The first-order valence-electron chi connectivity index (χ1n) is 8.70. The number of carbonyl (C=O) groups is 1. The number of likely N-dealkylation sites (tertiary alicyclic amines) is 1. The van der Waals surface area contributed by atoms with E-state index in [1.807, 2.05) is 19.1 Å². The minimum Gasteiger partial charge on any atom is -0.393 e. The molecule has 1 aliphatic heterocycles. The summed E-state index contributed by atoms with van der Waals surface area (Å²) in [7, 11) is 0. The maximum Gasteiger partial charge on any atom is 0.234 e. The quantitative estimate of drug-likeness (QED) is 0.845. The average Bonchev–Trinajstić information content (AvgIpc) is 2.50. The molecular formula is C19H30N2O2. The van der Waals surface area contributed by atoms with Crippen LogP contribution in [0.2, 0.25) is 0 Å². The van der Waals surface area contributed by atoms with Crippen LogP contribution in [0, 0.1) is 12.8 Å². The van der Waals surface area contributed by atoms with E-state index in [1.54, 1.807) is 0 Å². The van der Waals surface area contributed by atoms with Crippen molar-refractivity contribution >= 4 is 5.91 Å². The number of hydrogen-bond donors (Lipinski definition) is 2. The summed E-state index contributed by atoms with van der Waals surface area (Å²) in [5, 5.41) is 12.7. The zero-order valence-corrected chi connectivity index (χ0v) is 14.6. The highest BCUT2D eigenvalue weighted by atomic mass is 16.3. The van der Waals surface area contributed by atoms with Crippen LogP contribution < -0.4 is 5.32 Å². The Morgan fingerprint density at radius 2 is 1.96 bits per heavy atom. The summed E-state index contributed by atoms with van der Waals surface area (Å²) in [4.78, 5) is 14.4. The molecule has 1 aromatic rings. The summed E-state index contributed by atoms with van der Waals surface area (Å²) >= 11 is 0. The molecule has 1 aliphatic rings. The van der Waals surface area contributed by atoms with E-state index in [0.29, 0.717) is 12.5 Å². The number of aryl methyl sites for hydroxylation is 1. The summed E-state index contributed by atoms with van der Waals surface area (Å²) in [6, 6.07) is 8.45. The Bertz CT molecular complexity index is 508. The Hall–Kier alpha value is -1.39. The van der Waals surface area contributed by atoms with E-state index in [4.69, 9.17) is 0 Å². The largest absolute Gasteiger partial charge is 0.393 e. The highest BCUT2D eigenvalue weighted by Gasteiger charge is 2.24. The van der Waals surface area contributed by atoms with Crippen LogP contribution in [-0.2, 0) is 11.2 Å². The van der Waals surface area contributed by atoms with Gasteiger partial charge in [-0.1, -0.05) is 24.3 Å². The van der Waals surface area contributed by atoms with Gasteiger partial charge in [0.1, 0.15) is 0 Å². The first kappa shape index (κ1) is 18.0. The molecular weight excluding hydrogens is 288 g/mol. The highest BCUT2D eigenvalue weighted by molar-refractivity contribution is 5.78. The smallest absolute Gasteiger partial charge is 0.234 e. The van der Waals surface area contributed by atoms with Crippen molar-refractivity contribution in [3.8, 4) is 0 Å². The van der Waals surface area contributed by atoms with Crippen molar-refractivity contribution in [1.82, 2.24) is 10.2 Å². The van der Waals surface area contributed by atoms with Crippen molar-refractivity contribution in [3.05, 3.63) is 35.4 Å². The summed E-state index contributed by atoms with van der Waals surface area (Å²) in [6.45, 7) is 8.29. The Labute approximate surface area is 139 Å². The predicted octanol–water partition coefficient (Wildman–Crippen LogP) is 2.14. The lowest BCUT2D eigenvalue weighted by atomic mass is 9.92. The normalized spacial score (nSPS) is 19.3. The zero-order valence-electron chi connectivity index (χ0n) is 14.6. The lowest BCUT2D eigenvalue weighted by Gasteiger charge is -2.33. The topological polar surface area (TPSA) is 52.6 Å². The van der Waals surface area contributed by atoms with Crippen molar-refractivity contribution in [1.29, 1.82) is 0 Å². The second-order valence-electron chi connectivity index (χ2n) is 6.95. The molecule has 1 heterocycles. The van der Waals surface area contributed by atoms with Gasteiger partial charge < -0.3 is 10.4 Å². The molecule has 0 saturated carbocycles. The minimum atomic E-state index is -0.236. The lowest BCUT2D eigenvalue weighted by Crippen LogP contribution is -2.45. The van der Waals surface area contributed by atoms with Gasteiger partial charge >= 0.3 is 0 Å². The van der Waals surface area contributed by atoms with Gasteiger partial charge in [0, 0.05) is 6.04 Å². The van der Waals surface area contributed by atoms with E-state index < -0.39 is 0 Å². The first-order valence-corrected chi connectivity index (χ1v) is 8.70. The van der Waals surface area contributed by atoms with Crippen LogP contribution in [0.4, 0.5) is 0 Å². The van der Waals surface area contributed by atoms with Gasteiger partial charge in [-0.3, -0.25) is 9.69 Å². The van der Waals surface area contributed by atoms with Gasteiger partial charge in [0.05, 0.1) is 12.6 Å². The molecule has 2 N–H and O–H groups in total. The molecule has 1 fully saturated rings. The number of piperidine rings is 1. The molecule has 1 aromatic carbocycles. The minimum absolute atomic E-state index is 0.0987. The monoisotopic (exact) mass is 318 g/mol. The van der Waals surface area contributed by atoms with Crippen LogP contribution >= 0.6 is 0 Å². The molecule has 2 atom stereocenters. The van der Waals surface area contributed by atoms with Crippen molar-refractivity contribution in [2.45, 2.75) is 52.2 Å². The fourth-order valence-electron chi connectivity index (χ4n) is 3.34. The number of carbonyl (C=O) groups excluding carboxylic acids is 1. The lowest BCUT2D eigenvalue weighted by molar-refractivity contribution is -0.123. The predicted molar refractivity (Wildman–Crippen MR) is 93.3 cm³/mol. The molecule has 2 rings (SSSR count). The summed E-state index contributed by atoms with van der Waals surface area (Å²) in [6.07, 6.45) is 2.58. The van der Waals surface area contributed by atoms with Gasteiger partial charge in [0.2, 0.25) is 5.91 Å². The maximum atomic E-state index is 12.2. The van der Waals surface area contributed by atoms with Crippen LogP contribution in [0.5, 0.6) is 0 Å². The van der Waals surface area contributed by atoms with Gasteiger partial charge in [0.15, 0.2) is 0 Å². The second kappa shape index (κ2) is 8.46. The molecule has 4 nitrogen and oxygen atoms in total. The van der Waals surface area contributed by atoms with Crippen molar-refractivity contribution in [2.24, 2.45) is 5.92 Å². The van der Waals surface area contributed by atoms with Crippen LogP contribution in [0.3, 0.4) is 0 Å². The molecule has 4 heteroatoms. The Morgan fingerprint density at radius 1 is 1.30 bits per heavy atom. The van der Waals surface area contributed by atoms with Crippen molar-refractivity contribution < 1.29 is 9.90 Å². The highest BCUT2D eigenvalue weighted by Crippen LogP contribution is 2.20. The number of nitrogens with zero attached hydrogens (tertiary/aromatic N) is 1. The summed E-state index contributed by atoms with van der Waals surface area (Å²) in [5.74, 6) is 0.482. The summed E-state index contributed by atoms with van der Waals surface area (Å²) < 4.78 is 0. The third-order valence-electron chi connectivity index (χ3n) is 4.88. The van der Waals surface area contributed by atoms with E-state index in [2.05, 4.69) is 36.2 Å². The van der Waals surface area contributed by atoms with Gasteiger partial charge in [-0.05, 0) is 70.2 Å². The number of amides is 1.